The molecule has 1 aliphatic rings. The third-order valence-corrected chi connectivity index (χ3v) is 2.61. The Bertz CT molecular complexity index is 227. The summed E-state index contributed by atoms with van der Waals surface area (Å²) in [7, 11) is 0. The molecule has 4 heteroatoms. The molecule has 15 heavy (non-hydrogen) atoms. The van der Waals surface area contributed by atoms with E-state index in [9.17, 15) is 4.79 Å². The van der Waals surface area contributed by atoms with Gasteiger partial charge in [-0.2, -0.15) is 0 Å². The SMILES string of the molecule is CC(C)NCC(=O)N1CCOCC1(C)C. The van der Waals surface area contributed by atoms with Gasteiger partial charge in [0.25, 0.3) is 0 Å². The Labute approximate surface area is 92.0 Å². The topological polar surface area (TPSA) is 41.6 Å². The summed E-state index contributed by atoms with van der Waals surface area (Å²) in [5.41, 5.74) is -0.173. The minimum absolute atomic E-state index is 0.164. The maximum absolute atomic E-state index is 11.9. The van der Waals surface area contributed by atoms with E-state index in [1.165, 1.54) is 0 Å². The lowest BCUT2D eigenvalue weighted by Crippen LogP contribution is -2.57. The van der Waals surface area contributed by atoms with Crippen molar-refractivity contribution in [1.82, 2.24) is 10.2 Å². The van der Waals surface area contributed by atoms with Gasteiger partial charge in [0.15, 0.2) is 0 Å². The number of hydrogen-bond acceptors (Lipinski definition) is 3. The van der Waals surface area contributed by atoms with E-state index < -0.39 is 0 Å². The fourth-order valence-electron chi connectivity index (χ4n) is 1.71. The summed E-state index contributed by atoms with van der Waals surface area (Å²) in [6, 6.07) is 0.345. The molecule has 0 bridgehead atoms. The lowest BCUT2D eigenvalue weighted by Gasteiger charge is -2.42. The summed E-state index contributed by atoms with van der Waals surface area (Å²) in [5.74, 6) is 0.164. The number of rotatable bonds is 3. The molecule has 0 radical (unpaired) electrons. The van der Waals surface area contributed by atoms with Gasteiger partial charge in [-0.3, -0.25) is 4.79 Å². The van der Waals surface area contributed by atoms with Crippen LogP contribution in [0.3, 0.4) is 0 Å². The minimum atomic E-state index is -0.173. The second-order valence-electron chi connectivity index (χ2n) is 4.95. The Morgan fingerprint density at radius 1 is 1.53 bits per heavy atom. The highest BCUT2D eigenvalue weighted by Crippen LogP contribution is 2.18. The van der Waals surface area contributed by atoms with E-state index in [4.69, 9.17) is 4.74 Å². The van der Waals surface area contributed by atoms with Crippen LogP contribution in [-0.4, -0.2) is 48.7 Å². The van der Waals surface area contributed by atoms with Gasteiger partial charge in [-0.25, -0.2) is 0 Å². The van der Waals surface area contributed by atoms with Gasteiger partial charge in [0.2, 0.25) is 5.91 Å². The molecule has 0 spiro atoms. The van der Waals surface area contributed by atoms with Crippen LogP contribution >= 0.6 is 0 Å². The van der Waals surface area contributed by atoms with E-state index in [-0.39, 0.29) is 11.4 Å². The van der Waals surface area contributed by atoms with Crippen molar-refractivity contribution in [3.8, 4) is 0 Å². The number of ether oxygens (including phenoxy) is 1. The van der Waals surface area contributed by atoms with Crippen molar-refractivity contribution in [2.45, 2.75) is 39.3 Å². The van der Waals surface area contributed by atoms with Crippen molar-refractivity contribution in [2.75, 3.05) is 26.3 Å². The number of nitrogens with one attached hydrogen (secondary N) is 1. The van der Waals surface area contributed by atoms with E-state index in [1.807, 2.05) is 32.6 Å². The average Bonchev–Trinajstić information content (AvgIpc) is 2.13. The fraction of sp³-hybridized carbons (Fsp3) is 0.909. The number of amides is 1. The minimum Gasteiger partial charge on any atom is -0.377 e. The maximum atomic E-state index is 11.9. The van der Waals surface area contributed by atoms with Gasteiger partial charge in [0.1, 0.15) is 0 Å². The molecule has 0 aromatic rings. The monoisotopic (exact) mass is 214 g/mol. The van der Waals surface area contributed by atoms with Crippen LogP contribution in [0.5, 0.6) is 0 Å². The molecule has 0 unspecified atom stereocenters. The molecule has 0 aromatic heterocycles. The molecule has 1 N–H and O–H groups in total. The number of carbonyl (C=O) groups excluding carboxylic acids is 1. The van der Waals surface area contributed by atoms with Crippen LogP contribution in [0.15, 0.2) is 0 Å². The molecule has 1 fully saturated rings. The van der Waals surface area contributed by atoms with Crippen molar-refractivity contribution in [3.63, 3.8) is 0 Å². The predicted octanol–water partition coefficient (Wildman–Crippen LogP) is 0.622. The van der Waals surface area contributed by atoms with Crippen LogP contribution in [0, 0.1) is 0 Å². The van der Waals surface area contributed by atoms with Crippen molar-refractivity contribution >= 4 is 5.91 Å². The largest absolute Gasteiger partial charge is 0.377 e. The lowest BCUT2D eigenvalue weighted by atomic mass is 10.0. The lowest BCUT2D eigenvalue weighted by molar-refractivity contribution is -0.145. The van der Waals surface area contributed by atoms with E-state index in [0.717, 1.165) is 0 Å². The Balaban J connectivity index is 2.49. The van der Waals surface area contributed by atoms with Crippen molar-refractivity contribution in [3.05, 3.63) is 0 Å². The highest BCUT2D eigenvalue weighted by molar-refractivity contribution is 5.79. The summed E-state index contributed by atoms with van der Waals surface area (Å²) < 4.78 is 5.38. The Morgan fingerprint density at radius 3 is 2.73 bits per heavy atom. The zero-order valence-corrected chi connectivity index (χ0v) is 10.2. The first-order valence-corrected chi connectivity index (χ1v) is 5.55. The van der Waals surface area contributed by atoms with Crippen molar-refractivity contribution in [2.24, 2.45) is 0 Å². The quantitative estimate of drug-likeness (QED) is 0.749. The molecular weight excluding hydrogens is 192 g/mol. The molecule has 0 aromatic carbocycles. The Kier molecular flexibility index (Phi) is 4.11. The number of morpholine rings is 1. The van der Waals surface area contributed by atoms with Crippen LogP contribution in [-0.2, 0) is 9.53 Å². The van der Waals surface area contributed by atoms with Gasteiger partial charge < -0.3 is 15.0 Å². The van der Waals surface area contributed by atoms with Crippen molar-refractivity contribution < 1.29 is 9.53 Å². The molecule has 1 heterocycles. The van der Waals surface area contributed by atoms with E-state index in [1.54, 1.807) is 0 Å². The summed E-state index contributed by atoms with van der Waals surface area (Å²) in [5, 5.41) is 3.15. The summed E-state index contributed by atoms with van der Waals surface area (Å²) in [6.07, 6.45) is 0. The first-order chi connectivity index (χ1) is 6.93. The molecule has 0 saturated carbocycles. The number of carbonyl (C=O) groups is 1. The Morgan fingerprint density at radius 2 is 2.20 bits per heavy atom. The molecule has 4 nitrogen and oxygen atoms in total. The van der Waals surface area contributed by atoms with Crippen LogP contribution in [0.4, 0.5) is 0 Å². The second kappa shape index (κ2) is 4.94. The standard InChI is InChI=1S/C11H22N2O2/c1-9(2)12-7-10(14)13-5-6-15-8-11(13,3)4/h9,12H,5-8H2,1-4H3. The molecule has 1 amide bonds. The number of nitrogens with zero attached hydrogens (tertiary/aromatic N) is 1. The predicted molar refractivity (Wildman–Crippen MR) is 59.7 cm³/mol. The van der Waals surface area contributed by atoms with Crippen LogP contribution in [0.25, 0.3) is 0 Å². The second-order valence-corrected chi connectivity index (χ2v) is 4.95. The fourth-order valence-corrected chi connectivity index (χ4v) is 1.71. The highest BCUT2D eigenvalue weighted by atomic mass is 16.5. The van der Waals surface area contributed by atoms with Gasteiger partial charge in [-0.1, -0.05) is 13.8 Å². The molecule has 88 valence electrons. The third-order valence-electron chi connectivity index (χ3n) is 2.61. The van der Waals surface area contributed by atoms with Gasteiger partial charge in [0, 0.05) is 12.6 Å². The molecule has 0 aliphatic carbocycles. The molecular formula is C11H22N2O2. The van der Waals surface area contributed by atoms with E-state index in [2.05, 4.69) is 5.32 Å². The van der Waals surface area contributed by atoms with Gasteiger partial charge in [0.05, 0.1) is 25.3 Å². The molecule has 1 aliphatic heterocycles. The Hall–Kier alpha value is -0.610. The number of hydrogen-bond donors (Lipinski definition) is 1. The van der Waals surface area contributed by atoms with Crippen LogP contribution < -0.4 is 5.32 Å². The van der Waals surface area contributed by atoms with Gasteiger partial charge in [-0.05, 0) is 13.8 Å². The molecule has 1 saturated heterocycles. The van der Waals surface area contributed by atoms with Crippen molar-refractivity contribution in [1.29, 1.82) is 0 Å². The van der Waals surface area contributed by atoms with E-state index in [0.29, 0.717) is 32.3 Å². The maximum Gasteiger partial charge on any atom is 0.237 e. The first-order valence-electron chi connectivity index (χ1n) is 5.55. The normalized spacial score (nSPS) is 20.7. The summed E-state index contributed by atoms with van der Waals surface area (Å²) >= 11 is 0. The smallest absolute Gasteiger partial charge is 0.237 e. The zero-order valence-electron chi connectivity index (χ0n) is 10.2. The molecule has 0 atom stereocenters. The molecule has 1 rings (SSSR count). The van der Waals surface area contributed by atoms with Gasteiger partial charge in [-0.15, -0.1) is 0 Å². The zero-order chi connectivity index (χ0) is 11.5. The third kappa shape index (κ3) is 3.47. The van der Waals surface area contributed by atoms with Crippen LogP contribution in [0.1, 0.15) is 27.7 Å². The summed E-state index contributed by atoms with van der Waals surface area (Å²) in [6.45, 7) is 10.6. The average molecular weight is 214 g/mol. The van der Waals surface area contributed by atoms with Gasteiger partial charge >= 0.3 is 0 Å². The van der Waals surface area contributed by atoms with Crippen LogP contribution in [0.2, 0.25) is 0 Å². The summed E-state index contributed by atoms with van der Waals surface area (Å²) in [4.78, 5) is 13.8. The van der Waals surface area contributed by atoms with E-state index >= 15 is 0 Å². The first kappa shape index (κ1) is 12.5. The highest BCUT2D eigenvalue weighted by Gasteiger charge is 2.33.